The van der Waals surface area contributed by atoms with Gasteiger partial charge in [0.15, 0.2) is 0 Å². The largest absolute Gasteiger partial charge is 0.372 e. The molecule has 2 heterocycles. The molecule has 0 aromatic heterocycles. The smallest absolute Gasteiger partial charge is 0.229 e. The third kappa shape index (κ3) is 4.50. The number of likely N-dealkylation sites (tertiary alicyclic amines) is 1. The summed E-state index contributed by atoms with van der Waals surface area (Å²) in [6.45, 7) is 2.82. The van der Waals surface area contributed by atoms with E-state index < -0.39 is 0 Å². The van der Waals surface area contributed by atoms with Gasteiger partial charge >= 0.3 is 0 Å². The van der Waals surface area contributed by atoms with Crippen molar-refractivity contribution in [1.82, 2.24) is 4.90 Å². The lowest BCUT2D eigenvalue weighted by Gasteiger charge is -2.29. The summed E-state index contributed by atoms with van der Waals surface area (Å²) in [4.78, 5) is 29.7. The van der Waals surface area contributed by atoms with E-state index in [0.29, 0.717) is 19.0 Å². The van der Waals surface area contributed by atoms with Crippen molar-refractivity contribution in [3.63, 3.8) is 0 Å². The van der Waals surface area contributed by atoms with Gasteiger partial charge in [-0.3, -0.25) is 9.59 Å². The van der Waals surface area contributed by atoms with E-state index in [9.17, 15) is 9.59 Å². The van der Waals surface area contributed by atoms with Gasteiger partial charge in [0.05, 0.1) is 5.92 Å². The molecular weight excluding hydrogens is 350 g/mol. The Morgan fingerprint density at radius 3 is 2.21 bits per heavy atom. The second-order valence-corrected chi connectivity index (χ2v) is 8.68. The predicted molar refractivity (Wildman–Crippen MR) is 112 cm³/mol. The van der Waals surface area contributed by atoms with Crippen LogP contribution in [0.15, 0.2) is 24.3 Å². The quantitative estimate of drug-likeness (QED) is 0.794. The summed E-state index contributed by atoms with van der Waals surface area (Å²) in [5.41, 5.74) is 2.06. The minimum absolute atomic E-state index is 0.0183. The Morgan fingerprint density at radius 1 is 0.893 bits per heavy atom. The number of nitrogens with zero attached hydrogens (tertiary/aromatic N) is 2. The lowest BCUT2D eigenvalue weighted by atomic mass is 10.1. The number of hydrogen-bond donors (Lipinski definition) is 1. The lowest BCUT2D eigenvalue weighted by Crippen LogP contribution is -2.37. The minimum Gasteiger partial charge on any atom is -0.372 e. The topological polar surface area (TPSA) is 52.7 Å². The van der Waals surface area contributed by atoms with Crippen molar-refractivity contribution in [3.05, 3.63) is 24.3 Å². The van der Waals surface area contributed by atoms with E-state index in [1.807, 2.05) is 17.0 Å². The summed E-state index contributed by atoms with van der Waals surface area (Å²) in [6, 6.07) is 8.51. The molecule has 4 rings (SSSR count). The Hall–Kier alpha value is -2.04. The molecule has 3 aliphatic rings. The maximum absolute atomic E-state index is 12.7. The van der Waals surface area contributed by atoms with Gasteiger partial charge in [0.2, 0.25) is 11.8 Å². The molecule has 2 saturated heterocycles. The van der Waals surface area contributed by atoms with Crippen LogP contribution in [0.25, 0.3) is 0 Å². The summed E-state index contributed by atoms with van der Waals surface area (Å²) < 4.78 is 0. The maximum atomic E-state index is 12.7. The molecule has 0 radical (unpaired) electrons. The summed E-state index contributed by atoms with van der Waals surface area (Å²) in [7, 11) is 0. The van der Waals surface area contributed by atoms with Crippen molar-refractivity contribution in [1.29, 1.82) is 0 Å². The van der Waals surface area contributed by atoms with Crippen molar-refractivity contribution < 1.29 is 9.59 Å². The van der Waals surface area contributed by atoms with E-state index >= 15 is 0 Å². The summed E-state index contributed by atoms with van der Waals surface area (Å²) >= 11 is 0. The molecule has 1 aromatic carbocycles. The average Bonchev–Trinajstić information content (AvgIpc) is 2.93. The zero-order chi connectivity index (χ0) is 19.3. The van der Waals surface area contributed by atoms with Gasteiger partial charge in [-0.25, -0.2) is 0 Å². The first-order valence-electron chi connectivity index (χ1n) is 11.2. The van der Waals surface area contributed by atoms with E-state index in [1.165, 1.54) is 50.6 Å². The van der Waals surface area contributed by atoms with Crippen LogP contribution in [0.2, 0.25) is 0 Å². The van der Waals surface area contributed by atoms with Crippen LogP contribution >= 0.6 is 0 Å². The second-order valence-electron chi connectivity index (χ2n) is 8.68. The number of benzene rings is 1. The molecule has 1 N–H and O–H groups in total. The van der Waals surface area contributed by atoms with Gasteiger partial charge < -0.3 is 15.1 Å². The second kappa shape index (κ2) is 8.97. The standard InChI is InChI=1S/C23H33N3O2/c27-22-16-18(17-26(22)21-8-4-1-2-5-9-21)23(28)24-19-10-12-20(13-11-19)25-14-6-3-7-15-25/h10-13,18,21H,1-9,14-17H2,(H,24,28). The average molecular weight is 384 g/mol. The van der Waals surface area contributed by atoms with Gasteiger partial charge in [-0.1, -0.05) is 25.7 Å². The highest BCUT2D eigenvalue weighted by Gasteiger charge is 2.37. The monoisotopic (exact) mass is 383 g/mol. The first-order valence-corrected chi connectivity index (χ1v) is 11.2. The van der Waals surface area contributed by atoms with Crippen LogP contribution in [0.4, 0.5) is 11.4 Å². The molecule has 1 unspecified atom stereocenters. The van der Waals surface area contributed by atoms with Crippen molar-refractivity contribution >= 4 is 23.2 Å². The number of rotatable bonds is 4. The molecule has 5 heteroatoms. The molecule has 1 saturated carbocycles. The van der Waals surface area contributed by atoms with Crippen molar-refractivity contribution in [2.24, 2.45) is 5.92 Å². The number of carbonyl (C=O) groups is 2. The number of anilines is 2. The molecule has 152 valence electrons. The van der Waals surface area contributed by atoms with Crippen molar-refractivity contribution in [2.75, 3.05) is 29.9 Å². The number of nitrogens with one attached hydrogen (secondary N) is 1. The van der Waals surface area contributed by atoms with E-state index in [0.717, 1.165) is 31.6 Å². The van der Waals surface area contributed by atoms with Gasteiger partial charge in [-0.2, -0.15) is 0 Å². The summed E-state index contributed by atoms with van der Waals surface area (Å²) in [5.74, 6) is -0.0831. The van der Waals surface area contributed by atoms with E-state index in [4.69, 9.17) is 0 Å². The molecule has 3 fully saturated rings. The Balaban J connectivity index is 1.32. The van der Waals surface area contributed by atoms with Gasteiger partial charge in [-0.05, 0) is 56.4 Å². The highest BCUT2D eigenvalue weighted by Crippen LogP contribution is 2.29. The molecule has 28 heavy (non-hydrogen) atoms. The zero-order valence-electron chi connectivity index (χ0n) is 16.9. The fourth-order valence-corrected chi connectivity index (χ4v) is 4.98. The predicted octanol–water partition coefficient (Wildman–Crippen LogP) is 4.19. The Kier molecular flexibility index (Phi) is 6.18. The number of piperidine rings is 1. The molecule has 0 spiro atoms. The molecule has 1 aromatic rings. The van der Waals surface area contributed by atoms with Crippen LogP contribution in [0.1, 0.15) is 64.2 Å². The molecule has 1 aliphatic carbocycles. The van der Waals surface area contributed by atoms with Crippen molar-refractivity contribution in [2.45, 2.75) is 70.3 Å². The molecule has 2 amide bonds. The molecule has 2 aliphatic heterocycles. The zero-order valence-corrected chi connectivity index (χ0v) is 16.9. The van der Waals surface area contributed by atoms with Crippen LogP contribution in [0, 0.1) is 5.92 Å². The van der Waals surface area contributed by atoms with Crippen molar-refractivity contribution in [3.8, 4) is 0 Å². The van der Waals surface area contributed by atoms with Crippen LogP contribution in [-0.2, 0) is 9.59 Å². The summed E-state index contributed by atoms with van der Waals surface area (Å²) in [5, 5.41) is 3.03. The van der Waals surface area contributed by atoms with Gasteiger partial charge in [0.1, 0.15) is 0 Å². The third-order valence-electron chi connectivity index (χ3n) is 6.65. The Bertz CT molecular complexity index is 674. The van der Waals surface area contributed by atoms with Crippen LogP contribution in [0.3, 0.4) is 0 Å². The van der Waals surface area contributed by atoms with Gasteiger partial charge in [-0.15, -0.1) is 0 Å². The Morgan fingerprint density at radius 2 is 1.54 bits per heavy atom. The third-order valence-corrected chi connectivity index (χ3v) is 6.65. The van der Waals surface area contributed by atoms with Crippen LogP contribution in [-0.4, -0.2) is 42.4 Å². The SMILES string of the molecule is O=C(Nc1ccc(N2CCCCC2)cc1)C1CC(=O)N(C2CCCCCC2)C1. The van der Waals surface area contributed by atoms with E-state index in [-0.39, 0.29) is 17.7 Å². The molecule has 5 nitrogen and oxygen atoms in total. The minimum atomic E-state index is -0.225. The molecule has 0 bridgehead atoms. The molecule has 1 atom stereocenters. The maximum Gasteiger partial charge on any atom is 0.229 e. The lowest BCUT2D eigenvalue weighted by molar-refractivity contribution is -0.130. The first kappa shape index (κ1) is 19.3. The Labute approximate surface area is 168 Å². The van der Waals surface area contributed by atoms with E-state index in [2.05, 4.69) is 22.3 Å². The van der Waals surface area contributed by atoms with Crippen LogP contribution < -0.4 is 10.2 Å². The first-order chi connectivity index (χ1) is 13.7. The summed E-state index contributed by atoms with van der Waals surface area (Å²) in [6.07, 6.45) is 11.3. The fraction of sp³-hybridized carbons (Fsp3) is 0.652. The van der Waals surface area contributed by atoms with Crippen LogP contribution in [0.5, 0.6) is 0 Å². The highest BCUT2D eigenvalue weighted by molar-refractivity contribution is 5.97. The highest BCUT2D eigenvalue weighted by atomic mass is 16.2. The number of carbonyl (C=O) groups excluding carboxylic acids is 2. The van der Waals surface area contributed by atoms with Gasteiger partial charge in [0.25, 0.3) is 0 Å². The number of amides is 2. The molecular formula is C23H33N3O2. The fourth-order valence-electron chi connectivity index (χ4n) is 4.98. The number of hydrogen-bond acceptors (Lipinski definition) is 3. The van der Waals surface area contributed by atoms with Gasteiger partial charge in [0, 0.05) is 43.5 Å². The normalized spacial score (nSPS) is 24.3. The van der Waals surface area contributed by atoms with E-state index in [1.54, 1.807) is 0 Å².